The quantitative estimate of drug-likeness (QED) is 0.705. The van der Waals surface area contributed by atoms with Gasteiger partial charge in [0.2, 0.25) is 0 Å². The first kappa shape index (κ1) is 15.6. The minimum absolute atomic E-state index is 0.191. The van der Waals surface area contributed by atoms with Gasteiger partial charge < -0.3 is 15.0 Å². The molecule has 0 aliphatic carbocycles. The van der Waals surface area contributed by atoms with Crippen molar-refractivity contribution in [1.29, 1.82) is 0 Å². The minimum Gasteiger partial charge on any atom is -0.486 e. The lowest BCUT2D eigenvalue weighted by Gasteiger charge is -2.41. The lowest BCUT2D eigenvalue weighted by atomic mass is 9.82. The van der Waals surface area contributed by atoms with Gasteiger partial charge in [-0.2, -0.15) is 0 Å². The van der Waals surface area contributed by atoms with Gasteiger partial charge in [0, 0.05) is 36.2 Å². The van der Waals surface area contributed by atoms with Crippen molar-refractivity contribution in [2.24, 2.45) is 0 Å². The normalized spacial score (nSPS) is 18.7. The summed E-state index contributed by atoms with van der Waals surface area (Å²) in [5.41, 5.74) is 4.48. The van der Waals surface area contributed by atoms with Crippen molar-refractivity contribution in [2.45, 2.75) is 31.8 Å². The van der Waals surface area contributed by atoms with Gasteiger partial charge in [0.15, 0.2) is 5.78 Å². The lowest BCUT2D eigenvalue weighted by Crippen LogP contribution is -2.49. The third-order valence-corrected chi connectivity index (χ3v) is 5.58. The summed E-state index contributed by atoms with van der Waals surface area (Å²) in [7, 11) is 0. The molecular formula is C21H21N3O2. The molecule has 5 nitrogen and oxygen atoms in total. The summed E-state index contributed by atoms with van der Waals surface area (Å²) in [6.07, 6.45) is 6.07. The molecule has 0 unspecified atom stereocenters. The van der Waals surface area contributed by atoms with E-state index < -0.39 is 0 Å². The highest BCUT2D eigenvalue weighted by Crippen LogP contribution is 2.40. The summed E-state index contributed by atoms with van der Waals surface area (Å²) in [5, 5.41) is 4.44. The van der Waals surface area contributed by atoms with Crippen LogP contribution in [0.1, 0.15) is 35.2 Å². The number of carbonyl (C=O) groups is 1. The van der Waals surface area contributed by atoms with E-state index in [1.54, 1.807) is 0 Å². The minimum atomic E-state index is -0.341. The van der Waals surface area contributed by atoms with Gasteiger partial charge in [-0.1, -0.05) is 6.07 Å². The SMILES string of the molecule is Cc1cnc2[nH]cc(-c3ccc4c(c3)OC3(CCNCC3)CC4=O)c2c1. The van der Waals surface area contributed by atoms with Crippen LogP contribution in [0.5, 0.6) is 5.75 Å². The maximum Gasteiger partial charge on any atom is 0.170 e. The number of nitrogens with one attached hydrogen (secondary N) is 2. The zero-order chi connectivity index (χ0) is 17.7. The van der Waals surface area contributed by atoms with Gasteiger partial charge in [-0.25, -0.2) is 4.98 Å². The van der Waals surface area contributed by atoms with Crippen LogP contribution in [0.3, 0.4) is 0 Å². The van der Waals surface area contributed by atoms with Gasteiger partial charge >= 0.3 is 0 Å². The Morgan fingerprint density at radius 3 is 2.85 bits per heavy atom. The number of rotatable bonds is 1. The van der Waals surface area contributed by atoms with Crippen LogP contribution in [-0.4, -0.2) is 34.4 Å². The van der Waals surface area contributed by atoms with Crippen LogP contribution in [0.4, 0.5) is 0 Å². The standard InChI is InChI=1S/C21H21N3O2/c1-13-8-16-17(12-24-20(16)23-11-13)14-2-3-15-18(25)10-21(26-19(15)9-14)4-6-22-7-5-21/h2-3,8-9,11-12,22H,4-7,10H2,1H3,(H,23,24). The van der Waals surface area contributed by atoms with Crippen molar-refractivity contribution in [3.63, 3.8) is 0 Å². The number of hydrogen-bond donors (Lipinski definition) is 2. The summed E-state index contributed by atoms with van der Waals surface area (Å²) in [4.78, 5) is 20.4. The van der Waals surface area contributed by atoms with E-state index in [4.69, 9.17) is 4.74 Å². The molecule has 132 valence electrons. The van der Waals surface area contributed by atoms with Crippen molar-refractivity contribution < 1.29 is 9.53 Å². The van der Waals surface area contributed by atoms with Gasteiger partial charge in [-0.15, -0.1) is 0 Å². The van der Waals surface area contributed by atoms with Gasteiger partial charge in [-0.05, 0) is 49.3 Å². The molecule has 1 aromatic carbocycles. The number of Topliss-reactive ketones (excluding diaryl/α,β-unsaturated/α-hetero) is 1. The van der Waals surface area contributed by atoms with Crippen molar-refractivity contribution >= 4 is 16.8 Å². The largest absolute Gasteiger partial charge is 0.486 e. The summed E-state index contributed by atoms with van der Waals surface area (Å²) in [6, 6.07) is 8.06. The van der Waals surface area contributed by atoms with Gasteiger partial charge in [-0.3, -0.25) is 4.79 Å². The molecule has 5 heteroatoms. The Balaban J connectivity index is 1.59. The molecule has 0 amide bonds. The molecule has 0 radical (unpaired) electrons. The number of aromatic nitrogens is 2. The smallest absolute Gasteiger partial charge is 0.170 e. The molecule has 1 fully saturated rings. The number of ether oxygens (including phenoxy) is 1. The van der Waals surface area contributed by atoms with Gasteiger partial charge in [0.25, 0.3) is 0 Å². The van der Waals surface area contributed by atoms with Crippen molar-refractivity contribution in [2.75, 3.05) is 13.1 Å². The van der Waals surface area contributed by atoms with Crippen LogP contribution in [-0.2, 0) is 0 Å². The van der Waals surface area contributed by atoms with Crippen LogP contribution in [0.25, 0.3) is 22.2 Å². The Kier molecular flexibility index (Phi) is 3.40. The number of hydrogen-bond acceptors (Lipinski definition) is 4. The van der Waals surface area contributed by atoms with E-state index in [0.717, 1.165) is 59.4 Å². The first-order valence-corrected chi connectivity index (χ1v) is 9.15. The fourth-order valence-corrected chi connectivity index (χ4v) is 4.17. The predicted octanol–water partition coefficient (Wildman–Crippen LogP) is 3.63. The maximum atomic E-state index is 12.7. The number of nitrogens with zero attached hydrogens (tertiary/aromatic N) is 1. The predicted molar refractivity (Wildman–Crippen MR) is 101 cm³/mol. The molecule has 0 bridgehead atoms. The Hall–Kier alpha value is -2.66. The third kappa shape index (κ3) is 2.42. The van der Waals surface area contributed by atoms with Crippen LogP contribution in [0.2, 0.25) is 0 Å². The molecule has 0 atom stereocenters. The van der Waals surface area contributed by atoms with E-state index in [0.29, 0.717) is 12.0 Å². The number of piperidine rings is 1. The summed E-state index contributed by atoms with van der Waals surface area (Å²) >= 11 is 0. The Labute approximate surface area is 151 Å². The molecule has 4 heterocycles. The van der Waals surface area contributed by atoms with E-state index in [9.17, 15) is 4.79 Å². The number of aromatic amines is 1. The molecule has 0 saturated carbocycles. The number of pyridine rings is 1. The first-order valence-electron chi connectivity index (χ1n) is 9.15. The molecule has 2 aliphatic rings. The lowest BCUT2D eigenvalue weighted by molar-refractivity contribution is 0.0188. The van der Waals surface area contributed by atoms with Crippen LogP contribution >= 0.6 is 0 Å². The summed E-state index contributed by atoms with van der Waals surface area (Å²) in [5.74, 6) is 0.909. The number of fused-ring (bicyclic) bond motifs is 2. The Bertz CT molecular complexity index is 1020. The second kappa shape index (κ2) is 5.68. The van der Waals surface area contributed by atoms with E-state index in [1.165, 1.54) is 0 Å². The van der Waals surface area contributed by atoms with E-state index in [-0.39, 0.29) is 11.4 Å². The zero-order valence-electron chi connectivity index (χ0n) is 14.8. The molecule has 26 heavy (non-hydrogen) atoms. The fraction of sp³-hybridized carbons (Fsp3) is 0.333. The van der Waals surface area contributed by atoms with E-state index >= 15 is 0 Å². The molecule has 1 spiro atoms. The molecular weight excluding hydrogens is 326 g/mol. The van der Waals surface area contributed by atoms with Crippen molar-refractivity contribution in [3.8, 4) is 16.9 Å². The number of aryl methyl sites for hydroxylation is 1. The molecule has 2 aromatic heterocycles. The average Bonchev–Trinajstić information content (AvgIpc) is 3.04. The maximum absolute atomic E-state index is 12.7. The number of H-pyrrole nitrogens is 1. The highest BCUT2D eigenvalue weighted by molar-refractivity contribution is 6.02. The average molecular weight is 347 g/mol. The molecule has 2 N–H and O–H groups in total. The molecule has 2 aliphatic heterocycles. The highest BCUT2D eigenvalue weighted by atomic mass is 16.5. The van der Waals surface area contributed by atoms with E-state index in [1.807, 2.05) is 37.5 Å². The molecule has 1 saturated heterocycles. The van der Waals surface area contributed by atoms with Crippen LogP contribution in [0.15, 0.2) is 36.7 Å². The topological polar surface area (TPSA) is 67.0 Å². The Morgan fingerprint density at radius 1 is 1.15 bits per heavy atom. The third-order valence-electron chi connectivity index (χ3n) is 5.58. The Morgan fingerprint density at radius 2 is 2.00 bits per heavy atom. The van der Waals surface area contributed by atoms with E-state index in [2.05, 4.69) is 21.4 Å². The summed E-state index contributed by atoms with van der Waals surface area (Å²) < 4.78 is 6.42. The van der Waals surface area contributed by atoms with Crippen molar-refractivity contribution in [3.05, 3.63) is 47.8 Å². The van der Waals surface area contributed by atoms with Gasteiger partial charge in [0.1, 0.15) is 17.0 Å². The molecule has 5 rings (SSSR count). The fourth-order valence-electron chi connectivity index (χ4n) is 4.17. The second-order valence-electron chi connectivity index (χ2n) is 7.46. The van der Waals surface area contributed by atoms with Crippen LogP contribution in [0, 0.1) is 6.92 Å². The number of benzene rings is 1. The second-order valence-corrected chi connectivity index (χ2v) is 7.46. The first-order chi connectivity index (χ1) is 12.6. The van der Waals surface area contributed by atoms with Crippen molar-refractivity contribution in [1.82, 2.24) is 15.3 Å². The zero-order valence-corrected chi connectivity index (χ0v) is 14.8. The highest BCUT2D eigenvalue weighted by Gasteiger charge is 2.41. The monoisotopic (exact) mass is 347 g/mol. The van der Waals surface area contributed by atoms with Crippen LogP contribution < -0.4 is 10.1 Å². The molecule has 3 aromatic rings. The number of ketones is 1. The summed E-state index contributed by atoms with van der Waals surface area (Å²) in [6.45, 7) is 3.84. The number of carbonyl (C=O) groups excluding carboxylic acids is 1. The van der Waals surface area contributed by atoms with Gasteiger partial charge in [0.05, 0.1) is 12.0 Å².